The van der Waals surface area contributed by atoms with Crippen LogP contribution in [0.2, 0.25) is 0 Å². The highest BCUT2D eigenvalue weighted by atomic mass is 14.2. The van der Waals surface area contributed by atoms with Crippen molar-refractivity contribution >= 4 is 0 Å². The molecule has 0 rings (SSSR count). The van der Waals surface area contributed by atoms with Crippen molar-refractivity contribution in [3.8, 4) is 0 Å². The molecule has 0 N–H and O–H groups in total. The van der Waals surface area contributed by atoms with Gasteiger partial charge in [-0.05, 0) is 69.6 Å². The van der Waals surface area contributed by atoms with Gasteiger partial charge in [-0.15, -0.1) is 13.2 Å². The van der Waals surface area contributed by atoms with Crippen LogP contribution in [0.15, 0.2) is 37.5 Å². The van der Waals surface area contributed by atoms with Gasteiger partial charge in [0.15, 0.2) is 0 Å². The SMILES string of the molecule is C=CCCCCCCCCCCCCC(CCCCCCCCC)CC(CCCCC=C)CCCCCCCCC=CCCCCCC. The average Bonchev–Trinajstić information content (AvgIpc) is 3.09. The molecule has 0 aromatic rings. The fourth-order valence-electron chi connectivity index (χ4n) is 7.81. The lowest BCUT2D eigenvalue weighted by atomic mass is 9.82. The van der Waals surface area contributed by atoms with Crippen molar-refractivity contribution in [2.45, 2.75) is 258 Å². The second kappa shape index (κ2) is 42.4. The molecule has 0 heterocycles. The Labute approximate surface area is 306 Å². The van der Waals surface area contributed by atoms with E-state index in [1.807, 2.05) is 0 Å². The highest BCUT2D eigenvalue weighted by molar-refractivity contribution is 4.81. The highest BCUT2D eigenvalue weighted by Gasteiger charge is 2.16. The van der Waals surface area contributed by atoms with Gasteiger partial charge in [-0.1, -0.05) is 224 Å². The van der Waals surface area contributed by atoms with Gasteiger partial charge in [0.05, 0.1) is 0 Å². The lowest BCUT2D eigenvalue weighted by molar-refractivity contribution is 0.283. The molecule has 0 nitrogen and oxygen atoms in total. The first-order chi connectivity index (χ1) is 23.8. The summed E-state index contributed by atoms with van der Waals surface area (Å²) < 4.78 is 0. The molecule has 0 aliphatic rings. The molecule has 0 aliphatic heterocycles. The van der Waals surface area contributed by atoms with E-state index in [-0.39, 0.29) is 0 Å². The minimum atomic E-state index is 0.971. The maximum absolute atomic E-state index is 3.99. The van der Waals surface area contributed by atoms with Crippen molar-refractivity contribution in [3.63, 3.8) is 0 Å². The predicted molar refractivity (Wildman–Crippen MR) is 223 cm³/mol. The molecule has 0 heteroatoms. The average molecular weight is 669 g/mol. The first-order valence-electron chi connectivity index (χ1n) is 22.6. The van der Waals surface area contributed by atoms with E-state index in [9.17, 15) is 0 Å². The van der Waals surface area contributed by atoms with Gasteiger partial charge in [0.1, 0.15) is 0 Å². The maximum Gasteiger partial charge on any atom is -0.0351 e. The molecule has 0 fully saturated rings. The first kappa shape index (κ1) is 47.2. The smallest absolute Gasteiger partial charge is 0.0351 e. The van der Waals surface area contributed by atoms with Crippen molar-refractivity contribution < 1.29 is 0 Å². The standard InChI is InChI=1S/C48H92/c1-5-9-13-17-20-22-24-26-27-29-31-34-36-40-43-47(42-38-16-12-8-4)46-48(44-39-35-32-19-15-11-7-3)45-41-37-33-30-28-25-23-21-18-14-10-6-2/h6,8,22,24,47-48H,2,4-5,7,9-21,23,25-46H2,1,3H3. The van der Waals surface area contributed by atoms with Gasteiger partial charge in [-0.3, -0.25) is 0 Å². The van der Waals surface area contributed by atoms with Crippen molar-refractivity contribution in [2.75, 3.05) is 0 Å². The number of rotatable bonds is 42. The molecule has 0 amide bonds. The number of hydrogen-bond donors (Lipinski definition) is 0. The van der Waals surface area contributed by atoms with E-state index in [1.165, 1.54) is 244 Å². The summed E-state index contributed by atoms with van der Waals surface area (Å²) in [5, 5.41) is 0. The van der Waals surface area contributed by atoms with Gasteiger partial charge in [-0.2, -0.15) is 0 Å². The molecule has 0 aromatic heterocycles. The van der Waals surface area contributed by atoms with Crippen molar-refractivity contribution in [1.82, 2.24) is 0 Å². The number of unbranched alkanes of at least 4 members (excludes halogenated alkanes) is 28. The summed E-state index contributed by atoms with van der Waals surface area (Å²) in [4.78, 5) is 0. The van der Waals surface area contributed by atoms with E-state index in [0.29, 0.717) is 0 Å². The predicted octanol–water partition coefficient (Wildman–Crippen LogP) is 18.0. The summed E-state index contributed by atoms with van der Waals surface area (Å²) in [7, 11) is 0. The summed E-state index contributed by atoms with van der Waals surface area (Å²) in [6.07, 6.45) is 63.2. The minimum absolute atomic E-state index is 0.971. The fourth-order valence-corrected chi connectivity index (χ4v) is 7.81. The van der Waals surface area contributed by atoms with E-state index >= 15 is 0 Å². The molecule has 2 unspecified atom stereocenters. The van der Waals surface area contributed by atoms with Gasteiger partial charge < -0.3 is 0 Å². The Kier molecular flexibility index (Phi) is 41.7. The van der Waals surface area contributed by atoms with Crippen LogP contribution in [0.3, 0.4) is 0 Å². The Morgan fingerprint density at radius 2 is 0.562 bits per heavy atom. The Bertz CT molecular complexity index is 628. The largest absolute Gasteiger partial charge is 0.103 e. The zero-order valence-corrected chi connectivity index (χ0v) is 33.7. The van der Waals surface area contributed by atoms with Crippen molar-refractivity contribution in [2.24, 2.45) is 11.8 Å². The molecule has 0 saturated heterocycles. The van der Waals surface area contributed by atoms with Gasteiger partial charge in [0.25, 0.3) is 0 Å². The molecule has 0 aromatic carbocycles. The third kappa shape index (κ3) is 38.0. The van der Waals surface area contributed by atoms with E-state index in [4.69, 9.17) is 0 Å². The molecule has 0 radical (unpaired) electrons. The minimum Gasteiger partial charge on any atom is -0.103 e. The Hall–Kier alpha value is -0.780. The fraction of sp³-hybridized carbons (Fsp3) is 0.875. The zero-order valence-electron chi connectivity index (χ0n) is 33.7. The van der Waals surface area contributed by atoms with Gasteiger partial charge in [-0.25, -0.2) is 0 Å². The van der Waals surface area contributed by atoms with Gasteiger partial charge in [0.2, 0.25) is 0 Å². The van der Waals surface area contributed by atoms with E-state index in [2.05, 4.69) is 51.3 Å². The highest BCUT2D eigenvalue weighted by Crippen LogP contribution is 2.31. The van der Waals surface area contributed by atoms with Crippen LogP contribution >= 0.6 is 0 Å². The molecular formula is C48H92. The summed E-state index contributed by atoms with van der Waals surface area (Å²) in [5.74, 6) is 1.96. The lowest BCUT2D eigenvalue weighted by Crippen LogP contribution is -2.11. The van der Waals surface area contributed by atoms with Gasteiger partial charge in [0, 0.05) is 0 Å². The summed E-state index contributed by atoms with van der Waals surface area (Å²) in [6.45, 7) is 12.5. The van der Waals surface area contributed by atoms with Crippen LogP contribution in [0.25, 0.3) is 0 Å². The van der Waals surface area contributed by atoms with E-state index in [1.54, 1.807) is 0 Å². The van der Waals surface area contributed by atoms with Crippen molar-refractivity contribution in [1.29, 1.82) is 0 Å². The van der Waals surface area contributed by atoms with Crippen LogP contribution in [0, 0.1) is 11.8 Å². The number of allylic oxidation sites excluding steroid dienone is 4. The third-order valence-electron chi connectivity index (χ3n) is 11.0. The maximum atomic E-state index is 3.99. The van der Waals surface area contributed by atoms with Crippen LogP contribution in [0.5, 0.6) is 0 Å². The summed E-state index contributed by atoms with van der Waals surface area (Å²) in [6, 6.07) is 0. The molecular weight excluding hydrogens is 577 g/mol. The van der Waals surface area contributed by atoms with Gasteiger partial charge >= 0.3 is 0 Å². The van der Waals surface area contributed by atoms with Crippen LogP contribution in [0.4, 0.5) is 0 Å². The first-order valence-corrected chi connectivity index (χ1v) is 22.6. The van der Waals surface area contributed by atoms with Crippen LogP contribution < -0.4 is 0 Å². The molecule has 284 valence electrons. The topological polar surface area (TPSA) is 0 Å². The normalized spacial score (nSPS) is 13.0. The van der Waals surface area contributed by atoms with Crippen molar-refractivity contribution in [3.05, 3.63) is 37.5 Å². The Morgan fingerprint density at radius 1 is 0.312 bits per heavy atom. The number of hydrogen-bond acceptors (Lipinski definition) is 0. The Morgan fingerprint density at radius 3 is 0.917 bits per heavy atom. The zero-order chi connectivity index (χ0) is 34.9. The summed E-state index contributed by atoms with van der Waals surface area (Å²) >= 11 is 0. The second-order valence-electron chi connectivity index (χ2n) is 15.9. The Balaban J connectivity index is 4.48. The monoisotopic (exact) mass is 669 g/mol. The van der Waals surface area contributed by atoms with Crippen LogP contribution in [-0.2, 0) is 0 Å². The molecule has 48 heavy (non-hydrogen) atoms. The van der Waals surface area contributed by atoms with Crippen LogP contribution in [-0.4, -0.2) is 0 Å². The molecule has 0 bridgehead atoms. The summed E-state index contributed by atoms with van der Waals surface area (Å²) in [5.41, 5.74) is 0. The second-order valence-corrected chi connectivity index (χ2v) is 15.9. The molecule has 0 spiro atoms. The van der Waals surface area contributed by atoms with E-state index in [0.717, 1.165) is 11.8 Å². The third-order valence-corrected chi connectivity index (χ3v) is 11.0. The molecule has 0 saturated carbocycles. The van der Waals surface area contributed by atoms with Crippen LogP contribution in [0.1, 0.15) is 258 Å². The van der Waals surface area contributed by atoms with E-state index < -0.39 is 0 Å². The lowest BCUT2D eigenvalue weighted by Gasteiger charge is -2.24. The molecule has 0 aliphatic carbocycles. The quantitative estimate of drug-likeness (QED) is 0.0448. The molecule has 2 atom stereocenters.